The summed E-state index contributed by atoms with van der Waals surface area (Å²) in [6.07, 6.45) is 10.7. The van der Waals surface area contributed by atoms with Crippen LogP contribution in [0.5, 0.6) is 0 Å². The first-order valence-corrected chi connectivity index (χ1v) is 11.6. The Morgan fingerprint density at radius 3 is 2.34 bits per heavy atom. The number of hydrogen-bond donors (Lipinski definition) is 5. The molecular weight excluding hydrogens is 414 g/mol. The number of aliphatic hydroxyl groups is 1. The van der Waals surface area contributed by atoms with Crippen molar-refractivity contribution in [2.45, 2.75) is 76.0 Å². The Bertz CT molecular complexity index is 885. The summed E-state index contributed by atoms with van der Waals surface area (Å²) in [7, 11) is 0. The van der Waals surface area contributed by atoms with Gasteiger partial charge in [0, 0.05) is 18.2 Å². The highest BCUT2D eigenvalue weighted by molar-refractivity contribution is 5.65. The Kier molecular flexibility index (Phi) is 7.57. The Labute approximate surface area is 187 Å². The van der Waals surface area contributed by atoms with E-state index in [1.807, 2.05) is 0 Å². The Morgan fingerprint density at radius 2 is 1.59 bits per heavy atom. The number of rotatable bonds is 8. The highest BCUT2D eigenvalue weighted by atomic mass is 19.1. The maximum atomic E-state index is 13.9. The topological polar surface area (TPSA) is 94.1 Å². The Morgan fingerprint density at radius 1 is 0.875 bits per heavy atom. The number of benzene rings is 1. The van der Waals surface area contributed by atoms with Crippen LogP contribution in [0.1, 0.15) is 57.8 Å². The Balaban J connectivity index is 1.43. The van der Waals surface area contributed by atoms with Gasteiger partial charge >= 0.3 is 0 Å². The van der Waals surface area contributed by atoms with Crippen LogP contribution in [-0.4, -0.2) is 39.9 Å². The molecule has 0 amide bonds. The predicted molar refractivity (Wildman–Crippen MR) is 123 cm³/mol. The van der Waals surface area contributed by atoms with Crippen molar-refractivity contribution < 1.29 is 13.9 Å². The summed E-state index contributed by atoms with van der Waals surface area (Å²) in [6, 6.07) is 4.04. The van der Waals surface area contributed by atoms with E-state index in [1.54, 1.807) is 6.20 Å². The quantitative estimate of drug-likeness (QED) is 0.375. The maximum absolute atomic E-state index is 13.9. The van der Waals surface area contributed by atoms with E-state index >= 15 is 0 Å². The first-order chi connectivity index (χ1) is 15.6. The van der Waals surface area contributed by atoms with Crippen LogP contribution in [0.3, 0.4) is 0 Å². The zero-order valence-electron chi connectivity index (χ0n) is 18.2. The van der Waals surface area contributed by atoms with Crippen molar-refractivity contribution in [1.29, 1.82) is 0 Å². The molecule has 0 saturated heterocycles. The minimum absolute atomic E-state index is 0.214. The molecule has 0 aliphatic heterocycles. The average Bonchev–Trinajstić information content (AvgIpc) is 2.79. The summed E-state index contributed by atoms with van der Waals surface area (Å²) in [4.78, 5) is 9.20. The molecule has 1 aromatic carbocycles. The van der Waals surface area contributed by atoms with E-state index in [0.717, 1.165) is 44.6 Å². The third-order valence-corrected chi connectivity index (χ3v) is 6.25. The van der Waals surface area contributed by atoms with Gasteiger partial charge in [0.05, 0.1) is 30.3 Å². The molecule has 0 radical (unpaired) electrons. The molecule has 1 heterocycles. The molecule has 5 N–H and O–H groups in total. The molecule has 1 aromatic heterocycles. The minimum atomic E-state index is -0.644. The fraction of sp³-hybridized carbons (Fsp3) is 0.565. The molecule has 32 heavy (non-hydrogen) atoms. The van der Waals surface area contributed by atoms with Gasteiger partial charge in [-0.3, -0.25) is 0 Å². The van der Waals surface area contributed by atoms with Crippen LogP contribution in [0.4, 0.5) is 31.9 Å². The summed E-state index contributed by atoms with van der Waals surface area (Å²) in [5.74, 6) is 0.0214. The summed E-state index contributed by atoms with van der Waals surface area (Å²) < 4.78 is 27.0. The summed E-state index contributed by atoms with van der Waals surface area (Å²) >= 11 is 0. The summed E-state index contributed by atoms with van der Waals surface area (Å²) in [6.45, 7) is 0.222. The van der Waals surface area contributed by atoms with E-state index in [-0.39, 0.29) is 24.5 Å². The highest BCUT2D eigenvalue weighted by Gasteiger charge is 2.21. The van der Waals surface area contributed by atoms with E-state index in [2.05, 4.69) is 26.3 Å². The third-order valence-electron chi connectivity index (χ3n) is 6.25. The number of nitrogens with zero attached hydrogens (tertiary/aromatic N) is 2. The van der Waals surface area contributed by atoms with Crippen LogP contribution >= 0.6 is 0 Å². The molecule has 2 fully saturated rings. The lowest BCUT2D eigenvalue weighted by Crippen LogP contribution is -2.29. The van der Waals surface area contributed by atoms with Gasteiger partial charge in [-0.05, 0) is 50.7 Å². The number of aliphatic hydroxyl groups excluding tert-OH is 1. The van der Waals surface area contributed by atoms with Crippen LogP contribution in [0.2, 0.25) is 0 Å². The summed E-state index contributed by atoms with van der Waals surface area (Å²) in [5.41, 5.74) is 0.909. The largest absolute Gasteiger partial charge is 0.393 e. The van der Waals surface area contributed by atoms with Gasteiger partial charge in [-0.2, -0.15) is 4.98 Å². The average molecular weight is 447 g/mol. The van der Waals surface area contributed by atoms with Gasteiger partial charge < -0.3 is 26.4 Å². The second-order valence-corrected chi connectivity index (χ2v) is 8.74. The number of hydrogen-bond acceptors (Lipinski definition) is 7. The molecule has 4 rings (SSSR count). The lowest BCUT2D eigenvalue weighted by Gasteiger charge is -2.28. The lowest BCUT2D eigenvalue weighted by atomic mass is 9.93. The van der Waals surface area contributed by atoms with Crippen LogP contribution in [0, 0.1) is 11.6 Å². The van der Waals surface area contributed by atoms with Crippen LogP contribution in [-0.2, 0) is 0 Å². The van der Waals surface area contributed by atoms with E-state index < -0.39 is 11.6 Å². The molecule has 0 unspecified atom stereocenters. The zero-order valence-corrected chi connectivity index (χ0v) is 18.2. The fourth-order valence-electron chi connectivity index (χ4n) is 4.40. The number of nitrogens with one attached hydrogen (secondary N) is 4. The van der Waals surface area contributed by atoms with Gasteiger partial charge in [0.1, 0.15) is 11.6 Å². The van der Waals surface area contributed by atoms with Gasteiger partial charge in [-0.15, -0.1) is 0 Å². The second kappa shape index (κ2) is 10.8. The number of aromatic nitrogens is 2. The van der Waals surface area contributed by atoms with Crippen LogP contribution in [0.25, 0.3) is 0 Å². The molecular formula is C23H32F2N6O. The zero-order chi connectivity index (χ0) is 22.3. The van der Waals surface area contributed by atoms with Crippen molar-refractivity contribution in [3.8, 4) is 0 Å². The molecule has 2 aliphatic carbocycles. The highest BCUT2D eigenvalue weighted by Crippen LogP contribution is 2.27. The molecule has 174 valence electrons. The number of halogens is 2. The van der Waals surface area contributed by atoms with E-state index in [1.165, 1.54) is 31.4 Å². The monoisotopic (exact) mass is 446 g/mol. The molecule has 9 heteroatoms. The standard InChI is InChI=1S/C23H32F2N6O/c24-15-6-11-20(19(25)12-15)27-14-28-21-13-26-23(30-16-4-2-1-3-5-16)31-22(21)29-17-7-9-18(32)10-8-17/h6,11-13,16-18,27-28,32H,1-5,7-10,14H2,(H2,26,29,30,31). The minimum Gasteiger partial charge on any atom is -0.393 e. The van der Waals surface area contributed by atoms with E-state index in [9.17, 15) is 13.9 Å². The van der Waals surface area contributed by atoms with Crippen LogP contribution in [0.15, 0.2) is 24.4 Å². The molecule has 2 aliphatic rings. The van der Waals surface area contributed by atoms with Crippen molar-refractivity contribution in [1.82, 2.24) is 9.97 Å². The molecule has 0 atom stereocenters. The van der Waals surface area contributed by atoms with E-state index in [4.69, 9.17) is 4.98 Å². The third kappa shape index (κ3) is 6.18. The Hall–Kier alpha value is -2.68. The molecule has 0 bridgehead atoms. The second-order valence-electron chi connectivity index (χ2n) is 8.74. The van der Waals surface area contributed by atoms with E-state index in [0.29, 0.717) is 23.5 Å². The number of anilines is 4. The van der Waals surface area contributed by atoms with Crippen molar-refractivity contribution in [2.75, 3.05) is 27.9 Å². The maximum Gasteiger partial charge on any atom is 0.224 e. The molecule has 7 nitrogen and oxygen atoms in total. The van der Waals surface area contributed by atoms with Crippen molar-refractivity contribution in [3.63, 3.8) is 0 Å². The first kappa shape index (κ1) is 22.5. The normalized spacial score (nSPS) is 21.7. The van der Waals surface area contributed by atoms with Gasteiger partial charge in [0.15, 0.2) is 5.82 Å². The molecule has 2 saturated carbocycles. The lowest BCUT2D eigenvalue weighted by molar-refractivity contribution is 0.126. The molecule has 0 spiro atoms. The summed E-state index contributed by atoms with van der Waals surface area (Å²) in [5, 5.41) is 22.9. The van der Waals surface area contributed by atoms with Gasteiger partial charge in [-0.1, -0.05) is 19.3 Å². The van der Waals surface area contributed by atoms with Crippen LogP contribution < -0.4 is 21.3 Å². The smallest absolute Gasteiger partial charge is 0.224 e. The SMILES string of the molecule is OC1CCC(Nc2nc(NC3CCCCC3)ncc2NCNc2ccc(F)cc2F)CC1. The predicted octanol–water partition coefficient (Wildman–Crippen LogP) is 4.70. The molecule has 2 aromatic rings. The van der Waals surface area contributed by atoms with Crippen molar-refractivity contribution in [2.24, 2.45) is 0 Å². The fourth-order valence-corrected chi connectivity index (χ4v) is 4.40. The first-order valence-electron chi connectivity index (χ1n) is 11.6. The van der Waals surface area contributed by atoms with Gasteiger partial charge in [-0.25, -0.2) is 13.8 Å². The van der Waals surface area contributed by atoms with Crippen molar-refractivity contribution in [3.05, 3.63) is 36.0 Å². The van der Waals surface area contributed by atoms with Gasteiger partial charge in [0.2, 0.25) is 5.95 Å². The van der Waals surface area contributed by atoms with Crippen molar-refractivity contribution >= 4 is 23.1 Å². The van der Waals surface area contributed by atoms with Gasteiger partial charge in [0.25, 0.3) is 0 Å².